The third kappa shape index (κ3) is 1.80. The molecule has 0 aliphatic carbocycles. The van der Waals surface area contributed by atoms with Crippen molar-refractivity contribution in [2.45, 2.75) is 13.5 Å². The molecule has 0 saturated carbocycles. The molecule has 0 aliphatic rings. The van der Waals surface area contributed by atoms with Crippen LogP contribution in [0, 0.1) is 6.92 Å². The summed E-state index contributed by atoms with van der Waals surface area (Å²) in [5.41, 5.74) is 6.51. The molecule has 2 aromatic rings. The number of nitrogen functional groups attached to an aromatic ring is 1. The van der Waals surface area contributed by atoms with Gasteiger partial charge >= 0.3 is 0 Å². The van der Waals surface area contributed by atoms with Crippen molar-refractivity contribution in [2.24, 2.45) is 0 Å². The van der Waals surface area contributed by atoms with E-state index in [4.69, 9.17) is 5.73 Å². The van der Waals surface area contributed by atoms with Gasteiger partial charge in [0.05, 0.1) is 16.0 Å². The molecule has 4 nitrogen and oxygen atoms in total. The smallest absolute Gasteiger partial charge is 0.168 e. The van der Waals surface area contributed by atoms with Crippen LogP contribution in [0.4, 0.5) is 5.82 Å². The Labute approximate surface area is 93.9 Å². The molecule has 0 spiro atoms. The van der Waals surface area contributed by atoms with Crippen molar-refractivity contribution >= 4 is 33.1 Å². The number of hydrogen-bond acceptors (Lipinski definition) is 4. The van der Waals surface area contributed by atoms with Crippen LogP contribution in [0.3, 0.4) is 0 Å². The minimum Gasteiger partial charge on any atom is -0.381 e. The predicted molar refractivity (Wildman–Crippen MR) is 60.3 cm³/mol. The zero-order chi connectivity index (χ0) is 10.1. The third-order valence-corrected chi connectivity index (χ3v) is 3.56. The van der Waals surface area contributed by atoms with Crippen LogP contribution in [-0.4, -0.2) is 15.0 Å². The third-order valence-electron chi connectivity index (χ3n) is 1.95. The molecule has 0 fully saturated rings. The highest BCUT2D eigenvalue weighted by molar-refractivity contribution is 9.11. The van der Waals surface area contributed by atoms with Crippen molar-refractivity contribution in [3.8, 4) is 0 Å². The van der Waals surface area contributed by atoms with Gasteiger partial charge in [-0.05, 0) is 35.0 Å². The zero-order valence-corrected chi connectivity index (χ0v) is 9.97. The molecular formula is C8H9BrN4S. The molecule has 0 aromatic carbocycles. The number of anilines is 1. The largest absolute Gasteiger partial charge is 0.381 e. The summed E-state index contributed by atoms with van der Waals surface area (Å²) in [6, 6.07) is 4.08. The normalized spacial score (nSPS) is 10.7. The van der Waals surface area contributed by atoms with Crippen molar-refractivity contribution in [3.05, 3.63) is 26.5 Å². The van der Waals surface area contributed by atoms with E-state index < -0.39 is 0 Å². The Hall–Kier alpha value is -0.880. The summed E-state index contributed by atoms with van der Waals surface area (Å²) in [6.07, 6.45) is 0. The van der Waals surface area contributed by atoms with Gasteiger partial charge in [0.2, 0.25) is 0 Å². The molecule has 0 amide bonds. The molecule has 0 radical (unpaired) electrons. The average Bonchev–Trinajstić information content (AvgIpc) is 2.67. The second-order valence-electron chi connectivity index (χ2n) is 2.92. The van der Waals surface area contributed by atoms with Gasteiger partial charge in [-0.1, -0.05) is 5.21 Å². The van der Waals surface area contributed by atoms with Crippen molar-refractivity contribution in [3.63, 3.8) is 0 Å². The molecule has 0 saturated heterocycles. The van der Waals surface area contributed by atoms with Crippen LogP contribution < -0.4 is 5.73 Å². The fourth-order valence-electron chi connectivity index (χ4n) is 1.11. The van der Waals surface area contributed by atoms with Gasteiger partial charge in [0.25, 0.3) is 0 Å². The fraction of sp³-hybridized carbons (Fsp3) is 0.250. The number of halogens is 1. The Kier molecular flexibility index (Phi) is 2.56. The van der Waals surface area contributed by atoms with E-state index in [1.807, 2.05) is 13.0 Å². The monoisotopic (exact) mass is 272 g/mol. The maximum Gasteiger partial charge on any atom is 0.168 e. The van der Waals surface area contributed by atoms with Crippen molar-refractivity contribution in [1.82, 2.24) is 15.0 Å². The fourth-order valence-corrected chi connectivity index (χ4v) is 2.57. The minimum atomic E-state index is 0.501. The molecule has 2 N–H and O–H groups in total. The average molecular weight is 273 g/mol. The van der Waals surface area contributed by atoms with E-state index >= 15 is 0 Å². The first kappa shape index (κ1) is 9.67. The van der Waals surface area contributed by atoms with E-state index in [1.54, 1.807) is 16.0 Å². The van der Waals surface area contributed by atoms with Crippen molar-refractivity contribution in [1.29, 1.82) is 0 Å². The standard InChI is InChI=1S/C8H9BrN4S/c1-5-8(10)11-12-13(5)4-6-2-3-7(9)14-6/h2-3H,4,10H2,1H3. The Balaban J connectivity index is 2.22. The van der Waals surface area contributed by atoms with Crippen LogP contribution in [0.5, 0.6) is 0 Å². The van der Waals surface area contributed by atoms with E-state index in [1.165, 1.54) is 4.88 Å². The van der Waals surface area contributed by atoms with Crippen LogP contribution in [0.15, 0.2) is 15.9 Å². The molecule has 0 bridgehead atoms. The summed E-state index contributed by atoms with van der Waals surface area (Å²) >= 11 is 5.11. The summed E-state index contributed by atoms with van der Waals surface area (Å²) in [5.74, 6) is 0.501. The number of nitrogens with zero attached hydrogens (tertiary/aromatic N) is 3. The van der Waals surface area contributed by atoms with Crippen molar-refractivity contribution < 1.29 is 0 Å². The van der Waals surface area contributed by atoms with Crippen LogP contribution >= 0.6 is 27.3 Å². The first-order chi connectivity index (χ1) is 6.66. The summed E-state index contributed by atoms with van der Waals surface area (Å²) in [4.78, 5) is 1.23. The lowest BCUT2D eigenvalue weighted by Gasteiger charge is -1.99. The van der Waals surface area contributed by atoms with E-state index in [9.17, 15) is 0 Å². The highest BCUT2D eigenvalue weighted by atomic mass is 79.9. The molecule has 0 aliphatic heterocycles. The summed E-state index contributed by atoms with van der Waals surface area (Å²) in [5, 5.41) is 7.76. The lowest BCUT2D eigenvalue weighted by molar-refractivity contribution is 0.639. The number of rotatable bonds is 2. The van der Waals surface area contributed by atoms with E-state index in [-0.39, 0.29) is 0 Å². The minimum absolute atomic E-state index is 0.501. The zero-order valence-electron chi connectivity index (χ0n) is 7.57. The van der Waals surface area contributed by atoms with Gasteiger partial charge in [0.1, 0.15) is 0 Å². The molecule has 0 unspecified atom stereocenters. The highest BCUT2D eigenvalue weighted by Gasteiger charge is 2.06. The van der Waals surface area contributed by atoms with E-state index in [2.05, 4.69) is 32.3 Å². The number of thiophene rings is 1. The van der Waals surface area contributed by atoms with Crippen LogP contribution in [0.2, 0.25) is 0 Å². The molecule has 2 heterocycles. The number of nitrogens with two attached hydrogens (primary N) is 1. The molecule has 74 valence electrons. The maximum atomic E-state index is 5.60. The lowest BCUT2D eigenvalue weighted by atomic mass is 10.4. The van der Waals surface area contributed by atoms with Gasteiger partial charge in [0, 0.05) is 4.88 Å². The van der Waals surface area contributed by atoms with Gasteiger partial charge in [-0.15, -0.1) is 16.4 Å². The molecule has 14 heavy (non-hydrogen) atoms. The van der Waals surface area contributed by atoms with Gasteiger partial charge in [-0.3, -0.25) is 0 Å². The van der Waals surface area contributed by atoms with E-state index in [0.717, 1.165) is 16.0 Å². The van der Waals surface area contributed by atoms with Crippen molar-refractivity contribution in [2.75, 3.05) is 5.73 Å². The van der Waals surface area contributed by atoms with E-state index in [0.29, 0.717) is 5.82 Å². The maximum absolute atomic E-state index is 5.60. The second-order valence-corrected chi connectivity index (χ2v) is 5.47. The molecule has 0 atom stereocenters. The second kappa shape index (κ2) is 3.70. The van der Waals surface area contributed by atoms with Gasteiger partial charge in [0.15, 0.2) is 5.82 Å². The van der Waals surface area contributed by atoms with Gasteiger partial charge in [-0.25, -0.2) is 4.68 Å². The molecular weight excluding hydrogens is 264 g/mol. The Morgan fingerprint density at radius 3 is 2.86 bits per heavy atom. The van der Waals surface area contributed by atoms with Gasteiger partial charge in [-0.2, -0.15) is 0 Å². The summed E-state index contributed by atoms with van der Waals surface area (Å²) in [6.45, 7) is 2.64. The molecule has 2 aromatic heterocycles. The van der Waals surface area contributed by atoms with Crippen LogP contribution in [0.25, 0.3) is 0 Å². The lowest BCUT2D eigenvalue weighted by Crippen LogP contribution is -2.02. The predicted octanol–water partition coefficient (Wildman–Crippen LogP) is 2.04. The van der Waals surface area contributed by atoms with Gasteiger partial charge < -0.3 is 5.73 Å². The Morgan fingerprint density at radius 2 is 2.36 bits per heavy atom. The molecule has 6 heteroatoms. The topological polar surface area (TPSA) is 56.7 Å². The first-order valence-electron chi connectivity index (χ1n) is 4.06. The number of aromatic nitrogens is 3. The quantitative estimate of drug-likeness (QED) is 0.911. The van der Waals surface area contributed by atoms with Crippen LogP contribution in [0.1, 0.15) is 10.6 Å². The first-order valence-corrected chi connectivity index (χ1v) is 5.67. The SMILES string of the molecule is Cc1c(N)nnn1Cc1ccc(Br)s1. The Bertz CT molecular complexity index is 448. The summed E-state index contributed by atoms with van der Waals surface area (Å²) in [7, 11) is 0. The highest BCUT2D eigenvalue weighted by Crippen LogP contribution is 2.23. The molecule has 2 rings (SSSR count). The van der Waals surface area contributed by atoms with Crippen LogP contribution in [-0.2, 0) is 6.54 Å². The Morgan fingerprint density at radius 1 is 1.57 bits per heavy atom. The summed E-state index contributed by atoms with van der Waals surface area (Å²) < 4.78 is 2.92. The number of hydrogen-bond donors (Lipinski definition) is 1.